The molecular formula is C16H24N2O2. The first kappa shape index (κ1) is 14.7. The standard InChI is InChI=1S/C16H24N2O2/c1-10(2)13-14-11(7-8-17-14)12(15(19)16(13)20)6-5-9-18(3)4/h7-8,10,17,19-20H,5-6,9H2,1-4H3. The quantitative estimate of drug-likeness (QED) is 0.735. The van der Waals surface area contributed by atoms with E-state index in [0.717, 1.165) is 41.4 Å². The maximum atomic E-state index is 10.3. The number of rotatable bonds is 5. The van der Waals surface area contributed by atoms with Crippen molar-refractivity contribution in [1.29, 1.82) is 0 Å². The maximum Gasteiger partial charge on any atom is 0.163 e. The lowest BCUT2D eigenvalue weighted by atomic mass is 9.93. The monoisotopic (exact) mass is 276 g/mol. The predicted octanol–water partition coefficient (Wildman–Crippen LogP) is 3.20. The Labute approximate surface area is 120 Å². The lowest BCUT2D eigenvalue weighted by Gasteiger charge is -2.16. The molecule has 0 aliphatic heterocycles. The van der Waals surface area contributed by atoms with Crippen molar-refractivity contribution in [3.05, 3.63) is 23.4 Å². The van der Waals surface area contributed by atoms with Crippen LogP contribution in [0.4, 0.5) is 0 Å². The Hall–Kier alpha value is -1.68. The number of nitrogens with one attached hydrogen (secondary N) is 1. The molecule has 1 heterocycles. The lowest BCUT2D eigenvalue weighted by Crippen LogP contribution is -2.13. The van der Waals surface area contributed by atoms with Crippen LogP contribution in [-0.4, -0.2) is 40.7 Å². The average Bonchev–Trinajstić information content (AvgIpc) is 2.81. The predicted molar refractivity (Wildman–Crippen MR) is 82.6 cm³/mol. The number of aryl methyl sites for hydroxylation is 1. The van der Waals surface area contributed by atoms with Gasteiger partial charge in [-0.15, -0.1) is 0 Å². The van der Waals surface area contributed by atoms with Gasteiger partial charge in [0.25, 0.3) is 0 Å². The Kier molecular flexibility index (Phi) is 4.23. The van der Waals surface area contributed by atoms with Crippen molar-refractivity contribution >= 4 is 10.9 Å². The van der Waals surface area contributed by atoms with Gasteiger partial charge in [-0.3, -0.25) is 0 Å². The van der Waals surface area contributed by atoms with Gasteiger partial charge >= 0.3 is 0 Å². The number of hydrogen-bond donors (Lipinski definition) is 3. The highest BCUT2D eigenvalue weighted by Gasteiger charge is 2.20. The summed E-state index contributed by atoms with van der Waals surface area (Å²) in [6.07, 6.45) is 3.57. The Morgan fingerprint density at radius 2 is 1.90 bits per heavy atom. The fourth-order valence-electron chi connectivity index (χ4n) is 2.75. The summed E-state index contributed by atoms with van der Waals surface area (Å²) in [7, 11) is 4.07. The molecule has 0 fully saturated rings. The molecule has 0 saturated heterocycles. The van der Waals surface area contributed by atoms with Crippen LogP contribution in [0.1, 0.15) is 37.3 Å². The molecule has 20 heavy (non-hydrogen) atoms. The molecule has 0 aliphatic rings. The SMILES string of the molecule is CC(C)c1c(O)c(O)c(CCCN(C)C)c2cc[nH]c12. The van der Waals surface area contributed by atoms with Crippen LogP contribution in [0.15, 0.2) is 12.3 Å². The molecule has 0 atom stereocenters. The van der Waals surface area contributed by atoms with Gasteiger partial charge in [-0.1, -0.05) is 13.8 Å². The van der Waals surface area contributed by atoms with Crippen LogP contribution in [0.2, 0.25) is 0 Å². The molecule has 1 aromatic heterocycles. The molecule has 0 spiro atoms. The van der Waals surface area contributed by atoms with E-state index < -0.39 is 0 Å². The minimum absolute atomic E-state index is 0.0230. The van der Waals surface area contributed by atoms with Gasteiger partial charge in [-0.2, -0.15) is 0 Å². The third-order valence-electron chi connectivity index (χ3n) is 3.72. The number of aromatic hydroxyl groups is 2. The van der Waals surface area contributed by atoms with Gasteiger partial charge in [0.1, 0.15) is 0 Å². The first-order valence-corrected chi connectivity index (χ1v) is 7.12. The summed E-state index contributed by atoms with van der Waals surface area (Å²) in [6, 6.07) is 1.98. The van der Waals surface area contributed by atoms with E-state index >= 15 is 0 Å². The summed E-state index contributed by atoms with van der Waals surface area (Å²) in [4.78, 5) is 5.31. The van der Waals surface area contributed by atoms with E-state index in [0.29, 0.717) is 0 Å². The second-order valence-electron chi connectivity index (χ2n) is 5.92. The zero-order valence-electron chi connectivity index (χ0n) is 12.7. The van der Waals surface area contributed by atoms with Crippen LogP contribution in [0.25, 0.3) is 10.9 Å². The van der Waals surface area contributed by atoms with Gasteiger partial charge in [0.2, 0.25) is 0 Å². The number of benzene rings is 1. The van der Waals surface area contributed by atoms with Gasteiger partial charge < -0.3 is 20.1 Å². The number of aromatic amines is 1. The second-order valence-corrected chi connectivity index (χ2v) is 5.92. The molecule has 0 bridgehead atoms. The molecule has 1 aromatic carbocycles. The van der Waals surface area contributed by atoms with Gasteiger partial charge in [0, 0.05) is 22.7 Å². The zero-order chi connectivity index (χ0) is 14.9. The molecule has 0 unspecified atom stereocenters. The number of phenols is 2. The van der Waals surface area contributed by atoms with Crippen molar-refractivity contribution in [2.24, 2.45) is 0 Å². The third-order valence-corrected chi connectivity index (χ3v) is 3.72. The Balaban J connectivity index is 2.47. The van der Waals surface area contributed by atoms with Crippen molar-refractivity contribution in [3.8, 4) is 11.5 Å². The molecule has 2 rings (SSSR count). The second kappa shape index (κ2) is 5.75. The smallest absolute Gasteiger partial charge is 0.163 e. The molecule has 2 aromatic rings. The van der Waals surface area contributed by atoms with E-state index in [2.05, 4.69) is 9.88 Å². The first-order valence-electron chi connectivity index (χ1n) is 7.12. The van der Waals surface area contributed by atoms with Crippen LogP contribution in [0.3, 0.4) is 0 Å². The summed E-state index contributed by atoms with van der Waals surface area (Å²) in [5.41, 5.74) is 2.57. The van der Waals surface area contributed by atoms with E-state index in [9.17, 15) is 10.2 Å². The highest BCUT2D eigenvalue weighted by Crippen LogP contribution is 2.43. The molecule has 0 amide bonds. The maximum absolute atomic E-state index is 10.3. The lowest BCUT2D eigenvalue weighted by molar-refractivity contribution is 0.385. The van der Waals surface area contributed by atoms with Crippen LogP contribution in [-0.2, 0) is 6.42 Å². The van der Waals surface area contributed by atoms with Crippen LogP contribution >= 0.6 is 0 Å². The molecule has 110 valence electrons. The summed E-state index contributed by atoms with van der Waals surface area (Å²) in [5.74, 6) is 0.215. The van der Waals surface area contributed by atoms with Crippen molar-refractivity contribution < 1.29 is 10.2 Å². The minimum Gasteiger partial charge on any atom is -0.504 e. The van der Waals surface area contributed by atoms with Gasteiger partial charge in [0.05, 0.1) is 5.52 Å². The number of hydrogen-bond acceptors (Lipinski definition) is 3. The number of fused-ring (bicyclic) bond motifs is 1. The summed E-state index contributed by atoms with van der Waals surface area (Å²) >= 11 is 0. The fourth-order valence-corrected chi connectivity index (χ4v) is 2.75. The van der Waals surface area contributed by atoms with Crippen molar-refractivity contribution in [2.45, 2.75) is 32.6 Å². The summed E-state index contributed by atoms with van der Waals surface area (Å²) in [6.45, 7) is 4.99. The summed E-state index contributed by atoms with van der Waals surface area (Å²) < 4.78 is 0. The van der Waals surface area contributed by atoms with E-state index in [-0.39, 0.29) is 17.4 Å². The average molecular weight is 276 g/mol. The molecular weight excluding hydrogens is 252 g/mol. The first-order chi connectivity index (χ1) is 9.43. The normalized spacial score (nSPS) is 11.9. The van der Waals surface area contributed by atoms with Crippen LogP contribution in [0.5, 0.6) is 11.5 Å². The highest BCUT2D eigenvalue weighted by atomic mass is 16.3. The number of H-pyrrole nitrogens is 1. The van der Waals surface area contributed by atoms with Gasteiger partial charge in [0.15, 0.2) is 11.5 Å². The van der Waals surface area contributed by atoms with Crippen molar-refractivity contribution in [2.75, 3.05) is 20.6 Å². The third kappa shape index (κ3) is 2.61. The zero-order valence-corrected chi connectivity index (χ0v) is 12.7. The Morgan fingerprint density at radius 1 is 1.20 bits per heavy atom. The topological polar surface area (TPSA) is 59.5 Å². The van der Waals surface area contributed by atoms with E-state index in [1.54, 1.807) is 0 Å². The highest BCUT2D eigenvalue weighted by molar-refractivity contribution is 5.91. The van der Waals surface area contributed by atoms with Gasteiger partial charge in [-0.05, 0) is 45.5 Å². The Morgan fingerprint density at radius 3 is 2.50 bits per heavy atom. The minimum atomic E-state index is 0.0230. The number of aromatic nitrogens is 1. The number of nitrogens with zero attached hydrogens (tertiary/aromatic N) is 1. The Bertz CT molecular complexity index is 600. The molecule has 4 heteroatoms. The summed E-state index contributed by atoms with van der Waals surface area (Å²) in [5, 5.41) is 21.6. The van der Waals surface area contributed by atoms with Crippen molar-refractivity contribution in [1.82, 2.24) is 9.88 Å². The molecule has 3 N–H and O–H groups in total. The molecule has 4 nitrogen and oxygen atoms in total. The van der Waals surface area contributed by atoms with Crippen LogP contribution < -0.4 is 0 Å². The largest absolute Gasteiger partial charge is 0.504 e. The van der Waals surface area contributed by atoms with Crippen LogP contribution in [0, 0.1) is 0 Å². The van der Waals surface area contributed by atoms with E-state index in [1.807, 2.05) is 40.2 Å². The molecule has 0 radical (unpaired) electrons. The van der Waals surface area contributed by atoms with E-state index in [4.69, 9.17) is 0 Å². The fraction of sp³-hybridized carbons (Fsp3) is 0.500. The number of phenolic OH excluding ortho intramolecular Hbond substituents is 2. The van der Waals surface area contributed by atoms with Crippen molar-refractivity contribution in [3.63, 3.8) is 0 Å². The van der Waals surface area contributed by atoms with Gasteiger partial charge in [-0.25, -0.2) is 0 Å². The molecule has 0 saturated carbocycles. The molecule has 0 aliphatic carbocycles. The van der Waals surface area contributed by atoms with E-state index in [1.165, 1.54) is 0 Å².